The van der Waals surface area contributed by atoms with Crippen LogP contribution >= 0.6 is 12.6 Å². The number of thiol groups is 1. The highest BCUT2D eigenvalue weighted by atomic mass is 32.1. The monoisotopic (exact) mass is 613 g/mol. The SMILES string of the molecule is C=CCN(C(=O)C(CS)NC(=O)OC(C)(C)C)C(C(=O)NC(Cc1ccccc1)C(=O)OC(C)(C)C)c1ccccc1O. The summed E-state index contributed by atoms with van der Waals surface area (Å²) in [7, 11) is 0. The molecule has 0 heterocycles. The molecule has 0 saturated carbocycles. The molecule has 0 radical (unpaired) electrons. The maximum Gasteiger partial charge on any atom is 0.408 e. The summed E-state index contributed by atoms with van der Waals surface area (Å²) in [6.07, 6.45) is 0.690. The highest BCUT2D eigenvalue weighted by molar-refractivity contribution is 7.80. The summed E-state index contributed by atoms with van der Waals surface area (Å²) < 4.78 is 10.9. The predicted octanol–water partition coefficient (Wildman–Crippen LogP) is 4.34. The Hall–Kier alpha value is -3.99. The Bertz CT molecular complexity index is 1270. The van der Waals surface area contributed by atoms with Gasteiger partial charge in [0.05, 0.1) is 0 Å². The summed E-state index contributed by atoms with van der Waals surface area (Å²) in [4.78, 5) is 55.0. The van der Waals surface area contributed by atoms with Gasteiger partial charge in [-0.25, -0.2) is 9.59 Å². The number of rotatable bonds is 12. The van der Waals surface area contributed by atoms with E-state index in [1.807, 2.05) is 30.3 Å². The third kappa shape index (κ3) is 11.3. The molecule has 234 valence electrons. The number of phenols is 1. The number of nitrogens with one attached hydrogen (secondary N) is 2. The number of esters is 1. The van der Waals surface area contributed by atoms with Gasteiger partial charge in [-0.1, -0.05) is 54.6 Å². The first-order chi connectivity index (χ1) is 20.1. The number of carbonyl (C=O) groups is 4. The summed E-state index contributed by atoms with van der Waals surface area (Å²) in [6, 6.07) is 11.4. The Morgan fingerprint density at radius 2 is 1.49 bits per heavy atom. The lowest BCUT2D eigenvalue weighted by atomic mass is 10.00. The zero-order chi connectivity index (χ0) is 32.4. The Morgan fingerprint density at radius 3 is 2.02 bits per heavy atom. The van der Waals surface area contributed by atoms with Crippen LogP contribution in [0.25, 0.3) is 0 Å². The van der Waals surface area contributed by atoms with Crippen LogP contribution < -0.4 is 10.6 Å². The molecule has 3 amide bonds. The number of hydrogen-bond acceptors (Lipinski definition) is 8. The van der Waals surface area contributed by atoms with Crippen molar-refractivity contribution in [2.24, 2.45) is 0 Å². The molecule has 0 bridgehead atoms. The van der Waals surface area contributed by atoms with E-state index in [0.29, 0.717) is 0 Å². The average Bonchev–Trinajstić information content (AvgIpc) is 2.90. The van der Waals surface area contributed by atoms with Crippen molar-refractivity contribution in [1.29, 1.82) is 0 Å². The Kier molecular flexibility index (Phi) is 12.7. The fourth-order valence-corrected chi connectivity index (χ4v) is 4.38. The second kappa shape index (κ2) is 15.5. The minimum Gasteiger partial charge on any atom is -0.508 e. The average molecular weight is 614 g/mol. The lowest BCUT2D eigenvalue weighted by Crippen LogP contribution is -2.55. The molecule has 11 heteroatoms. The van der Waals surface area contributed by atoms with E-state index in [2.05, 4.69) is 29.8 Å². The lowest BCUT2D eigenvalue weighted by molar-refractivity contribution is -0.159. The predicted molar refractivity (Wildman–Crippen MR) is 168 cm³/mol. The van der Waals surface area contributed by atoms with E-state index in [-0.39, 0.29) is 30.0 Å². The van der Waals surface area contributed by atoms with Gasteiger partial charge < -0.3 is 30.1 Å². The molecule has 0 spiro atoms. The Morgan fingerprint density at radius 1 is 0.907 bits per heavy atom. The number of phenolic OH excluding ortho intramolecular Hbond substituents is 1. The molecule has 0 aliphatic carbocycles. The maximum absolute atomic E-state index is 14.1. The quantitative estimate of drug-likeness (QED) is 0.159. The molecule has 3 atom stereocenters. The van der Waals surface area contributed by atoms with Crippen LogP contribution in [0, 0.1) is 0 Å². The third-order valence-corrected chi connectivity index (χ3v) is 6.23. The van der Waals surface area contributed by atoms with E-state index >= 15 is 0 Å². The number of amides is 3. The molecular formula is C32H43N3O7S. The van der Waals surface area contributed by atoms with Gasteiger partial charge >= 0.3 is 12.1 Å². The van der Waals surface area contributed by atoms with E-state index in [1.165, 1.54) is 18.2 Å². The molecule has 2 aromatic rings. The highest BCUT2D eigenvalue weighted by Crippen LogP contribution is 2.30. The van der Waals surface area contributed by atoms with Gasteiger partial charge in [-0.15, -0.1) is 6.58 Å². The van der Waals surface area contributed by atoms with Crippen LogP contribution in [0.3, 0.4) is 0 Å². The molecule has 43 heavy (non-hydrogen) atoms. The summed E-state index contributed by atoms with van der Waals surface area (Å²) in [5.41, 5.74) is -0.768. The van der Waals surface area contributed by atoms with Crippen molar-refractivity contribution >= 4 is 36.5 Å². The summed E-state index contributed by atoms with van der Waals surface area (Å²) in [5, 5.41) is 16.0. The molecular weight excluding hydrogens is 570 g/mol. The fraction of sp³-hybridized carbons (Fsp3) is 0.438. The van der Waals surface area contributed by atoms with Gasteiger partial charge in [-0.05, 0) is 53.2 Å². The van der Waals surface area contributed by atoms with Gasteiger partial charge in [-0.2, -0.15) is 12.6 Å². The number of alkyl carbamates (subject to hydrolysis) is 1. The molecule has 10 nitrogen and oxygen atoms in total. The molecule has 2 rings (SSSR count). The zero-order valence-corrected chi connectivity index (χ0v) is 26.5. The summed E-state index contributed by atoms with van der Waals surface area (Å²) >= 11 is 4.25. The minimum absolute atomic E-state index is 0.105. The molecule has 2 aromatic carbocycles. The highest BCUT2D eigenvalue weighted by Gasteiger charge is 2.38. The fourth-order valence-electron chi connectivity index (χ4n) is 4.13. The largest absolute Gasteiger partial charge is 0.508 e. The number of ether oxygens (including phenoxy) is 2. The minimum atomic E-state index is -1.42. The van der Waals surface area contributed by atoms with Crippen LogP contribution in [-0.2, 0) is 30.3 Å². The van der Waals surface area contributed by atoms with E-state index in [0.717, 1.165) is 10.5 Å². The normalized spacial score (nSPS) is 13.6. The smallest absolute Gasteiger partial charge is 0.408 e. The number of para-hydroxylation sites is 1. The van der Waals surface area contributed by atoms with Crippen LogP contribution in [-0.4, -0.2) is 69.5 Å². The van der Waals surface area contributed by atoms with Gasteiger partial charge in [0, 0.05) is 24.3 Å². The van der Waals surface area contributed by atoms with E-state index in [9.17, 15) is 24.3 Å². The van der Waals surface area contributed by atoms with Crippen LogP contribution in [0.1, 0.15) is 58.7 Å². The van der Waals surface area contributed by atoms with Crippen LogP contribution in [0.5, 0.6) is 5.75 Å². The van der Waals surface area contributed by atoms with Crippen LogP contribution in [0.2, 0.25) is 0 Å². The summed E-state index contributed by atoms with van der Waals surface area (Å²) in [6.45, 7) is 13.8. The van der Waals surface area contributed by atoms with Gasteiger partial charge in [-0.3, -0.25) is 9.59 Å². The maximum atomic E-state index is 14.1. The van der Waals surface area contributed by atoms with Crippen molar-refractivity contribution in [1.82, 2.24) is 15.5 Å². The van der Waals surface area contributed by atoms with E-state index in [4.69, 9.17) is 9.47 Å². The topological polar surface area (TPSA) is 134 Å². The number of aromatic hydroxyl groups is 1. The molecule has 0 saturated heterocycles. The second-order valence-corrected chi connectivity index (χ2v) is 12.3. The van der Waals surface area contributed by atoms with Gasteiger partial charge in [0.15, 0.2) is 0 Å². The zero-order valence-electron chi connectivity index (χ0n) is 25.6. The number of hydrogen-bond donors (Lipinski definition) is 4. The van der Waals surface area contributed by atoms with Crippen molar-refractivity contribution in [3.8, 4) is 5.75 Å². The van der Waals surface area contributed by atoms with Crippen molar-refractivity contribution in [3.63, 3.8) is 0 Å². The number of benzene rings is 2. The molecule has 3 unspecified atom stereocenters. The van der Waals surface area contributed by atoms with Crippen molar-refractivity contribution in [3.05, 3.63) is 78.4 Å². The molecule has 0 fully saturated rings. The van der Waals surface area contributed by atoms with Crippen molar-refractivity contribution in [2.45, 2.75) is 77.3 Å². The third-order valence-electron chi connectivity index (χ3n) is 5.86. The molecule has 0 aliphatic rings. The summed E-state index contributed by atoms with van der Waals surface area (Å²) in [5.74, 6) is -2.46. The van der Waals surface area contributed by atoms with Gasteiger partial charge in [0.1, 0.15) is 35.1 Å². The van der Waals surface area contributed by atoms with E-state index in [1.54, 1.807) is 53.7 Å². The molecule has 0 aromatic heterocycles. The first-order valence-electron chi connectivity index (χ1n) is 13.9. The van der Waals surface area contributed by atoms with Crippen molar-refractivity contribution in [2.75, 3.05) is 12.3 Å². The molecule has 3 N–H and O–H groups in total. The number of nitrogens with zero attached hydrogens (tertiary/aromatic N) is 1. The van der Waals surface area contributed by atoms with E-state index < -0.39 is 53.2 Å². The van der Waals surface area contributed by atoms with Gasteiger partial charge in [0.25, 0.3) is 0 Å². The molecule has 0 aliphatic heterocycles. The Balaban J connectivity index is 2.53. The van der Waals surface area contributed by atoms with Crippen LogP contribution in [0.4, 0.5) is 4.79 Å². The lowest BCUT2D eigenvalue weighted by Gasteiger charge is -2.34. The number of carbonyl (C=O) groups excluding carboxylic acids is 4. The first kappa shape index (κ1) is 35.2. The first-order valence-corrected chi connectivity index (χ1v) is 14.6. The standard InChI is InChI=1S/C32H43N3O7S/c1-8-18-35(28(38)24(20-43)34-30(40)42-32(5,6)7)26(22-16-12-13-17-25(22)36)27(37)33-23(29(39)41-31(2,3)4)19-21-14-10-9-11-15-21/h8-17,23-24,26,36,43H,1,18-20H2,2-7H3,(H,33,37)(H,34,40). The Labute approximate surface area is 259 Å². The second-order valence-electron chi connectivity index (χ2n) is 11.9. The van der Waals surface area contributed by atoms with Crippen molar-refractivity contribution < 1.29 is 33.8 Å². The van der Waals surface area contributed by atoms with Gasteiger partial charge in [0.2, 0.25) is 11.8 Å². The van der Waals surface area contributed by atoms with Crippen LogP contribution in [0.15, 0.2) is 67.3 Å².